The van der Waals surface area contributed by atoms with Crippen molar-refractivity contribution >= 4 is 34.8 Å². The van der Waals surface area contributed by atoms with Gasteiger partial charge in [-0.1, -0.05) is 17.7 Å². The van der Waals surface area contributed by atoms with Crippen molar-refractivity contribution in [3.63, 3.8) is 0 Å². The average molecular weight is 391 g/mol. The van der Waals surface area contributed by atoms with Crippen molar-refractivity contribution < 1.29 is 19.1 Å². The molecule has 0 fully saturated rings. The SMILES string of the molecule is COc1ccc(N(CCC(=O)Nc2cc(Cl)ccc2C)C(C)=O)c(OC)c1. The molecule has 0 atom stereocenters. The quantitative estimate of drug-likeness (QED) is 0.774. The second kappa shape index (κ2) is 9.28. The summed E-state index contributed by atoms with van der Waals surface area (Å²) in [6, 6.07) is 10.5. The number of amides is 2. The number of carbonyl (C=O) groups is 2. The van der Waals surface area contributed by atoms with Gasteiger partial charge < -0.3 is 19.7 Å². The molecule has 0 aromatic heterocycles. The Morgan fingerprint density at radius 3 is 2.48 bits per heavy atom. The molecule has 27 heavy (non-hydrogen) atoms. The second-order valence-corrected chi connectivity index (χ2v) is 6.40. The van der Waals surface area contributed by atoms with Gasteiger partial charge in [0.25, 0.3) is 0 Å². The number of carbonyl (C=O) groups excluding carboxylic acids is 2. The summed E-state index contributed by atoms with van der Waals surface area (Å²) in [5.41, 5.74) is 2.15. The number of ether oxygens (including phenoxy) is 2. The maximum Gasteiger partial charge on any atom is 0.226 e. The zero-order chi connectivity index (χ0) is 20.0. The van der Waals surface area contributed by atoms with Crippen molar-refractivity contribution in [2.75, 3.05) is 31.0 Å². The number of nitrogens with one attached hydrogen (secondary N) is 1. The largest absolute Gasteiger partial charge is 0.497 e. The van der Waals surface area contributed by atoms with E-state index in [9.17, 15) is 9.59 Å². The van der Waals surface area contributed by atoms with E-state index in [4.69, 9.17) is 21.1 Å². The highest BCUT2D eigenvalue weighted by atomic mass is 35.5. The molecule has 0 aliphatic heterocycles. The van der Waals surface area contributed by atoms with Gasteiger partial charge in [-0.15, -0.1) is 0 Å². The summed E-state index contributed by atoms with van der Waals surface area (Å²) in [4.78, 5) is 26.0. The Labute approximate surface area is 164 Å². The molecule has 2 rings (SSSR count). The lowest BCUT2D eigenvalue weighted by Gasteiger charge is -2.23. The molecule has 0 aliphatic rings. The summed E-state index contributed by atoms with van der Waals surface area (Å²) in [6.07, 6.45) is 0.126. The molecule has 0 unspecified atom stereocenters. The number of aryl methyl sites for hydroxylation is 1. The normalized spacial score (nSPS) is 10.3. The molecule has 1 N–H and O–H groups in total. The lowest BCUT2D eigenvalue weighted by molar-refractivity contribution is -0.117. The number of anilines is 2. The molecule has 0 aliphatic carbocycles. The van der Waals surface area contributed by atoms with Crippen LogP contribution < -0.4 is 19.7 Å². The summed E-state index contributed by atoms with van der Waals surface area (Å²) in [6.45, 7) is 3.54. The van der Waals surface area contributed by atoms with E-state index in [-0.39, 0.29) is 24.8 Å². The summed E-state index contributed by atoms with van der Waals surface area (Å²) in [5.74, 6) is 0.716. The molecule has 0 saturated carbocycles. The van der Waals surface area contributed by atoms with E-state index >= 15 is 0 Å². The van der Waals surface area contributed by atoms with Gasteiger partial charge in [0.1, 0.15) is 11.5 Å². The molecule has 0 bridgehead atoms. The van der Waals surface area contributed by atoms with E-state index in [1.54, 1.807) is 37.4 Å². The lowest BCUT2D eigenvalue weighted by atomic mass is 10.2. The fourth-order valence-corrected chi connectivity index (χ4v) is 2.78. The first kappa shape index (κ1) is 20.6. The van der Waals surface area contributed by atoms with Crippen LogP contribution in [0.2, 0.25) is 5.02 Å². The van der Waals surface area contributed by atoms with Crippen molar-refractivity contribution in [3.8, 4) is 11.5 Å². The van der Waals surface area contributed by atoms with Crippen LogP contribution in [0.1, 0.15) is 18.9 Å². The first-order chi connectivity index (χ1) is 12.8. The van der Waals surface area contributed by atoms with Crippen molar-refractivity contribution in [1.29, 1.82) is 0 Å². The third-order valence-electron chi connectivity index (χ3n) is 4.09. The van der Waals surface area contributed by atoms with Gasteiger partial charge in [-0.05, 0) is 36.8 Å². The minimum absolute atomic E-state index is 0.126. The summed E-state index contributed by atoms with van der Waals surface area (Å²) >= 11 is 5.98. The topological polar surface area (TPSA) is 67.9 Å². The predicted molar refractivity (Wildman–Crippen MR) is 107 cm³/mol. The van der Waals surface area contributed by atoms with Crippen LogP contribution in [0.25, 0.3) is 0 Å². The van der Waals surface area contributed by atoms with E-state index in [2.05, 4.69) is 5.32 Å². The molecule has 144 valence electrons. The molecular formula is C20H23ClN2O4. The van der Waals surface area contributed by atoms with Crippen LogP contribution >= 0.6 is 11.6 Å². The van der Waals surface area contributed by atoms with Gasteiger partial charge in [-0.25, -0.2) is 0 Å². The molecule has 2 aromatic rings. The summed E-state index contributed by atoms with van der Waals surface area (Å²) < 4.78 is 10.5. The van der Waals surface area contributed by atoms with Crippen molar-refractivity contribution in [2.45, 2.75) is 20.3 Å². The second-order valence-electron chi connectivity index (χ2n) is 5.97. The standard InChI is InChI=1S/C20H23ClN2O4/c1-13-5-6-15(21)11-17(13)22-20(25)9-10-23(14(2)24)18-8-7-16(26-3)12-19(18)27-4/h5-8,11-12H,9-10H2,1-4H3,(H,22,25). The minimum atomic E-state index is -0.209. The first-order valence-electron chi connectivity index (χ1n) is 8.42. The van der Waals surface area contributed by atoms with Crippen LogP contribution in [-0.4, -0.2) is 32.6 Å². The zero-order valence-electron chi connectivity index (χ0n) is 15.8. The number of benzene rings is 2. The molecule has 0 radical (unpaired) electrons. The van der Waals surface area contributed by atoms with Crippen LogP contribution in [0, 0.1) is 6.92 Å². The number of methoxy groups -OCH3 is 2. The van der Waals surface area contributed by atoms with Crippen molar-refractivity contribution in [1.82, 2.24) is 0 Å². The maximum absolute atomic E-state index is 12.3. The van der Waals surface area contributed by atoms with E-state index in [1.165, 1.54) is 18.9 Å². The third kappa shape index (κ3) is 5.37. The molecule has 2 amide bonds. The number of hydrogen-bond donors (Lipinski definition) is 1. The smallest absolute Gasteiger partial charge is 0.226 e. The summed E-state index contributed by atoms with van der Waals surface area (Å²) in [7, 11) is 3.07. The maximum atomic E-state index is 12.3. The van der Waals surface area contributed by atoms with Crippen molar-refractivity contribution in [3.05, 3.63) is 47.0 Å². The minimum Gasteiger partial charge on any atom is -0.497 e. The van der Waals surface area contributed by atoms with Gasteiger partial charge >= 0.3 is 0 Å². The van der Waals surface area contributed by atoms with Crippen LogP contribution in [0.4, 0.5) is 11.4 Å². The third-order valence-corrected chi connectivity index (χ3v) is 4.33. The molecule has 7 heteroatoms. The number of hydrogen-bond acceptors (Lipinski definition) is 4. The molecule has 2 aromatic carbocycles. The molecule has 6 nitrogen and oxygen atoms in total. The molecule has 0 spiro atoms. The number of halogens is 1. The Kier molecular flexibility index (Phi) is 7.07. The van der Waals surface area contributed by atoms with Crippen molar-refractivity contribution in [2.24, 2.45) is 0 Å². The van der Waals surface area contributed by atoms with E-state index in [0.29, 0.717) is 27.9 Å². The van der Waals surface area contributed by atoms with Gasteiger partial charge in [0.2, 0.25) is 11.8 Å². The monoisotopic (exact) mass is 390 g/mol. The van der Waals surface area contributed by atoms with Gasteiger partial charge in [-0.3, -0.25) is 9.59 Å². The highest BCUT2D eigenvalue weighted by Gasteiger charge is 2.18. The van der Waals surface area contributed by atoms with Crippen LogP contribution in [0.3, 0.4) is 0 Å². The van der Waals surface area contributed by atoms with E-state index in [0.717, 1.165) is 5.56 Å². The van der Waals surface area contributed by atoms with Gasteiger partial charge in [0.15, 0.2) is 0 Å². The van der Waals surface area contributed by atoms with E-state index in [1.807, 2.05) is 13.0 Å². The van der Waals surface area contributed by atoms with Crippen LogP contribution in [0.15, 0.2) is 36.4 Å². The highest BCUT2D eigenvalue weighted by Crippen LogP contribution is 2.32. The Hall–Kier alpha value is -2.73. The van der Waals surface area contributed by atoms with Gasteiger partial charge in [-0.2, -0.15) is 0 Å². The fourth-order valence-electron chi connectivity index (χ4n) is 2.61. The summed E-state index contributed by atoms with van der Waals surface area (Å²) in [5, 5.41) is 3.38. The zero-order valence-corrected chi connectivity index (χ0v) is 16.6. The van der Waals surface area contributed by atoms with Gasteiger partial charge in [0.05, 0.1) is 19.9 Å². The number of nitrogens with zero attached hydrogens (tertiary/aromatic N) is 1. The highest BCUT2D eigenvalue weighted by molar-refractivity contribution is 6.31. The molecular weight excluding hydrogens is 368 g/mol. The van der Waals surface area contributed by atoms with Crippen LogP contribution in [0.5, 0.6) is 11.5 Å². The molecule has 0 heterocycles. The van der Waals surface area contributed by atoms with Crippen LogP contribution in [-0.2, 0) is 9.59 Å². The van der Waals surface area contributed by atoms with Gasteiger partial charge in [0, 0.05) is 36.7 Å². The fraction of sp³-hybridized carbons (Fsp3) is 0.300. The lowest BCUT2D eigenvalue weighted by Crippen LogP contribution is -2.32. The predicted octanol–water partition coefficient (Wildman–Crippen LogP) is 4.05. The Morgan fingerprint density at radius 2 is 1.85 bits per heavy atom. The first-order valence-corrected chi connectivity index (χ1v) is 8.79. The number of rotatable bonds is 7. The average Bonchev–Trinajstić information content (AvgIpc) is 2.64. The van der Waals surface area contributed by atoms with E-state index < -0.39 is 0 Å². The Balaban J connectivity index is 2.12. The Bertz CT molecular complexity index is 839. The molecule has 0 saturated heterocycles. The Morgan fingerprint density at radius 1 is 1.11 bits per heavy atom.